The van der Waals surface area contributed by atoms with Crippen molar-refractivity contribution in [2.24, 2.45) is 0 Å². The zero-order valence-corrected chi connectivity index (χ0v) is 14.8. The normalized spacial score (nSPS) is 10.9. The lowest BCUT2D eigenvalue weighted by atomic mass is 10.2. The van der Waals surface area contributed by atoms with E-state index in [1.807, 2.05) is 51.1 Å². The summed E-state index contributed by atoms with van der Waals surface area (Å²) in [6, 6.07) is 9.93. The first-order valence-electron chi connectivity index (χ1n) is 7.67. The number of alkyl carbamates (subject to hydrolysis) is 1. The third kappa shape index (κ3) is 10.6. The van der Waals surface area contributed by atoms with Gasteiger partial charge in [0.05, 0.1) is 13.0 Å². The molecule has 0 heterocycles. The van der Waals surface area contributed by atoms with Gasteiger partial charge in [-0.3, -0.25) is 4.79 Å². The lowest BCUT2D eigenvalue weighted by Crippen LogP contribution is -2.33. The monoisotopic (exact) mass is 339 g/mol. The van der Waals surface area contributed by atoms with Crippen LogP contribution in [0, 0.1) is 0 Å². The van der Waals surface area contributed by atoms with Gasteiger partial charge < -0.3 is 14.8 Å². The zero-order valence-electron chi connectivity index (χ0n) is 14.0. The molecule has 1 N–H and O–H groups in total. The maximum Gasteiger partial charge on any atom is 0.407 e. The highest BCUT2D eigenvalue weighted by atomic mass is 32.2. The van der Waals surface area contributed by atoms with Crippen molar-refractivity contribution in [3.05, 3.63) is 30.3 Å². The topological polar surface area (TPSA) is 64.6 Å². The van der Waals surface area contributed by atoms with Crippen molar-refractivity contribution < 1.29 is 19.1 Å². The third-order valence-electron chi connectivity index (χ3n) is 2.57. The van der Waals surface area contributed by atoms with Crippen LogP contribution >= 0.6 is 11.8 Å². The number of thioether (sulfide) groups is 1. The predicted octanol–water partition coefficient (Wildman–Crippen LogP) is 3.63. The Hall–Kier alpha value is -1.69. The molecule has 6 heteroatoms. The van der Waals surface area contributed by atoms with Crippen molar-refractivity contribution in [2.45, 2.75) is 44.1 Å². The summed E-state index contributed by atoms with van der Waals surface area (Å²) in [5.41, 5.74) is -0.507. The second kappa shape index (κ2) is 10.2. The highest BCUT2D eigenvalue weighted by Crippen LogP contribution is 2.17. The zero-order chi connectivity index (χ0) is 17.1. The molecule has 0 fully saturated rings. The van der Waals surface area contributed by atoms with E-state index in [0.29, 0.717) is 31.7 Å². The molecule has 1 amide bonds. The van der Waals surface area contributed by atoms with Crippen LogP contribution in [0.15, 0.2) is 35.2 Å². The molecule has 0 atom stereocenters. The van der Waals surface area contributed by atoms with Crippen LogP contribution in [0.5, 0.6) is 0 Å². The summed E-state index contributed by atoms with van der Waals surface area (Å²) in [5, 5.41) is 2.62. The van der Waals surface area contributed by atoms with E-state index in [1.165, 1.54) is 0 Å². The van der Waals surface area contributed by atoms with Gasteiger partial charge in [-0.1, -0.05) is 18.2 Å². The molecule has 0 bridgehead atoms. The van der Waals surface area contributed by atoms with Crippen molar-refractivity contribution in [1.82, 2.24) is 5.32 Å². The molecule has 5 nitrogen and oxygen atoms in total. The number of carbonyl (C=O) groups is 2. The molecule has 0 aliphatic heterocycles. The second-order valence-electron chi connectivity index (χ2n) is 5.91. The molecule has 1 aromatic carbocycles. The molecule has 128 valence electrons. The lowest BCUT2D eigenvalue weighted by molar-refractivity contribution is -0.143. The summed E-state index contributed by atoms with van der Waals surface area (Å²) in [4.78, 5) is 24.1. The number of carbonyl (C=O) groups excluding carboxylic acids is 2. The minimum absolute atomic E-state index is 0.217. The van der Waals surface area contributed by atoms with Gasteiger partial charge in [0.2, 0.25) is 0 Å². The Balaban J connectivity index is 2.01. The molecule has 0 aromatic heterocycles. The number of rotatable bonds is 8. The van der Waals surface area contributed by atoms with E-state index in [1.54, 1.807) is 11.8 Å². The Morgan fingerprint density at radius 2 is 1.87 bits per heavy atom. The molecule has 1 rings (SSSR count). The number of benzene rings is 1. The van der Waals surface area contributed by atoms with Gasteiger partial charge in [0.25, 0.3) is 0 Å². The van der Waals surface area contributed by atoms with Gasteiger partial charge >= 0.3 is 12.1 Å². The number of ether oxygens (including phenoxy) is 2. The molecule has 1 aromatic rings. The molecule has 0 unspecified atom stereocenters. The molecule has 0 saturated heterocycles. The van der Waals surface area contributed by atoms with Crippen LogP contribution in [0.3, 0.4) is 0 Å². The van der Waals surface area contributed by atoms with E-state index in [2.05, 4.69) is 5.32 Å². The minimum atomic E-state index is -0.507. The largest absolute Gasteiger partial charge is 0.466 e. The van der Waals surface area contributed by atoms with Crippen LogP contribution in [-0.4, -0.2) is 36.6 Å². The van der Waals surface area contributed by atoms with Crippen molar-refractivity contribution >= 4 is 23.8 Å². The van der Waals surface area contributed by atoms with Gasteiger partial charge in [0.15, 0.2) is 0 Å². The maximum atomic E-state index is 11.6. The van der Waals surface area contributed by atoms with E-state index in [9.17, 15) is 9.59 Å². The summed E-state index contributed by atoms with van der Waals surface area (Å²) in [5.74, 6) is 0.477. The Labute approximate surface area is 142 Å². The number of esters is 1. The molecule has 0 aliphatic rings. The molecule has 23 heavy (non-hydrogen) atoms. The van der Waals surface area contributed by atoms with Gasteiger partial charge in [-0.05, 0) is 39.3 Å². The minimum Gasteiger partial charge on any atom is -0.466 e. The van der Waals surface area contributed by atoms with Crippen molar-refractivity contribution in [1.29, 1.82) is 0 Å². The standard InChI is InChI=1S/C17H25NO4S/c1-17(2,3)22-16(20)18-11-7-12-21-15(19)10-13-23-14-8-5-4-6-9-14/h4-6,8-9H,7,10-13H2,1-3H3,(H,18,20). The quantitative estimate of drug-likeness (QED) is 0.445. The van der Waals surface area contributed by atoms with Crippen molar-refractivity contribution in [2.75, 3.05) is 18.9 Å². The van der Waals surface area contributed by atoms with E-state index in [4.69, 9.17) is 9.47 Å². The van der Waals surface area contributed by atoms with Crippen LogP contribution in [-0.2, 0) is 14.3 Å². The summed E-state index contributed by atoms with van der Waals surface area (Å²) in [6.45, 7) is 6.14. The highest BCUT2D eigenvalue weighted by molar-refractivity contribution is 7.99. The average molecular weight is 339 g/mol. The van der Waals surface area contributed by atoms with Crippen molar-refractivity contribution in [3.8, 4) is 0 Å². The first-order chi connectivity index (χ1) is 10.9. The van der Waals surface area contributed by atoms with Crippen LogP contribution in [0.4, 0.5) is 4.79 Å². The van der Waals surface area contributed by atoms with Crippen LogP contribution in [0.1, 0.15) is 33.6 Å². The van der Waals surface area contributed by atoms with Gasteiger partial charge in [-0.2, -0.15) is 0 Å². The van der Waals surface area contributed by atoms with Gasteiger partial charge in [0.1, 0.15) is 5.60 Å². The Morgan fingerprint density at radius 1 is 1.17 bits per heavy atom. The Kier molecular flexibility index (Phi) is 8.55. The number of hydrogen-bond donors (Lipinski definition) is 1. The molecular weight excluding hydrogens is 314 g/mol. The fraction of sp³-hybridized carbons (Fsp3) is 0.529. The smallest absolute Gasteiger partial charge is 0.407 e. The summed E-state index contributed by atoms with van der Waals surface area (Å²) in [7, 11) is 0. The van der Waals surface area contributed by atoms with Gasteiger partial charge in [-0.15, -0.1) is 11.8 Å². The van der Waals surface area contributed by atoms with E-state index in [0.717, 1.165) is 4.90 Å². The maximum absolute atomic E-state index is 11.6. The molecule has 0 spiro atoms. The molecule has 0 aliphatic carbocycles. The fourth-order valence-corrected chi connectivity index (χ4v) is 2.46. The summed E-state index contributed by atoms with van der Waals surface area (Å²) >= 11 is 1.63. The molecular formula is C17H25NO4S. The number of nitrogens with one attached hydrogen (secondary N) is 1. The SMILES string of the molecule is CC(C)(C)OC(=O)NCCCOC(=O)CCSc1ccccc1. The summed E-state index contributed by atoms with van der Waals surface area (Å²) in [6.07, 6.45) is 0.485. The first-order valence-corrected chi connectivity index (χ1v) is 8.66. The van der Waals surface area contributed by atoms with Crippen molar-refractivity contribution in [3.63, 3.8) is 0 Å². The molecule has 0 saturated carbocycles. The fourth-order valence-electron chi connectivity index (χ4n) is 1.60. The van der Waals surface area contributed by atoms with E-state index >= 15 is 0 Å². The average Bonchev–Trinajstić information content (AvgIpc) is 2.46. The number of hydrogen-bond acceptors (Lipinski definition) is 5. The lowest BCUT2D eigenvalue weighted by Gasteiger charge is -2.19. The Bertz CT molecular complexity index is 485. The van der Waals surface area contributed by atoms with Crippen LogP contribution < -0.4 is 5.32 Å². The molecule has 0 radical (unpaired) electrons. The Morgan fingerprint density at radius 3 is 2.52 bits per heavy atom. The van der Waals surface area contributed by atoms with E-state index < -0.39 is 11.7 Å². The van der Waals surface area contributed by atoms with Gasteiger partial charge in [0, 0.05) is 17.2 Å². The van der Waals surface area contributed by atoms with Crippen LogP contribution in [0.2, 0.25) is 0 Å². The van der Waals surface area contributed by atoms with Gasteiger partial charge in [-0.25, -0.2) is 4.79 Å². The highest BCUT2D eigenvalue weighted by Gasteiger charge is 2.15. The number of amides is 1. The predicted molar refractivity (Wildman–Crippen MR) is 91.6 cm³/mol. The second-order valence-corrected chi connectivity index (χ2v) is 7.08. The summed E-state index contributed by atoms with van der Waals surface area (Å²) < 4.78 is 10.2. The van der Waals surface area contributed by atoms with Crippen LogP contribution in [0.25, 0.3) is 0 Å². The third-order valence-corrected chi connectivity index (χ3v) is 3.58. The first kappa shape index (κ1) is 19.4. The van der Waals surface area contributed by atoms with E-state index in [-0.39, 0.29) is 5.97 Å².